The summed E-state index contributed by atoms with van der Waals surface area (Å²) in [6.07, 6.45) is 2.18. The van der Waals surface area contributed by atoms with E-state index in [9.17, 15) is 0 Å². The predicted octanol–water partition coefficient (Wildman–Crippen LogP) is 4.05. The number of aliphatic imine (C=N–C) groups is 1. The van der Waals surface area contributed by atoms with Crippen molar-refractivity contribution in [3.8, 4) is 11.5 Å². The lowest BCUT2D eigenvalue weighted by Crippen LogP contribution is -2.48. The van der Waals surface area contributed by atoms with Crippen molar-refractivity contribution < 1.29 is 9.47 Å². The first-order chi connectivity index (χ1) is 14.2. The van der Waals surface area contributed by atoms with E-state index >= 15 is 0 Å². The number of para-hydroxylation sites is 1. The average Bonchev–Trinajstić information content (AvgIpc) is 2.78. The van der Waals surface area contributed by atoms with Crippen LogP contribution < -0.4 is 25.0 Å². The molecule has 0 aliphatic carbocycles. The van der Waals surface area contributed by atoms with E-state index in [1.807, 2.05) is 32.2 Å². The van der Waals surface area contributed by atoms with Gasteiger partial charge in [-0.3, -0.25) is 4.99 Å². The summed E-state index contributed by atoms with van der Waals surface area (Å²) in [4.78, 5) is 6.84. The number of halogens is 1. The molecule has 1 aliphatic rings. The van der Waals surface area contributed by atoms with Crippen LogP contribution in [0.2, 0.25) is 0 Å². The van der Waals surface area contributed by atoms with Crippen LogP contribution in [0.1, 0.15) is 25.3 Å². The highest BCUT2D eigenvalue weighted by Crippen LogP contribution is 2.28. The molecule has 0 amide bonds. The highest BCUT2D eigenvalue weighted by Gasteiger charge is 2.20. The fourth-order valence-corrected chi connectivity index (χ4v) is 3.59. The molecule has 30 heavy (non-hydrogen) atoms. The van der Waals surface area contributed by atoms with Gasteiger partial charge in [-0.05, 0) is 49.6 Å². The number of nitrogens with one attached hydrogen (secondary N) is 2. The highest BCUT2D eigenvalue weighted by atomic mass is 127. The molecule has 7 heteroatoms. The molecule has 1 fully saturated rings. The maximum absolute atomic E-state index is 5.67. The quantitative estimate of drug-likeness (QED) is 0.325. The van der Waals surface area contributed by atoms with Crippen molar-refractivity contribution in [3.05, 3.63) is 54.1 Å². The summed E-state index contributed by atoms with van der Waals surface area (Å²) in [5, 5.41) is 6.98. The number of guanidine groups is 1. The lowest BCUT2D eigenvalue weighted by Gasteiger charge is -2.34. The number of piperidine rings is 1. The lowest BCUT2D eigenvalue weighted by atomic mass is 10.0. The highest BCUT2D eigenvalue weighted by molar-refractivity contribution is 14.0. The topological polar surface area (TPSA) is 58.1 Å². The first-order valence-electron chi connectivity index (χ1n) is 10.3. The molecule has 3 rings (SSSR count). The number of rotatable bonds is 7. The summed E-state index contributed by atoms with van der Waals surface area (Å²) in [7, 11) is 3.47. The number of hydrogen-bond acceptors (Lipinski definition) is 4. The molecule has 6 nitrogen and oxygen atoms in total. The second-order valence-corrected chi connectivity index (χ2v) is 7.09. The standard InChI is InChI=1S/C23H32N4O2.HI/c1-4-29-22-16-18(10-11-21(22)28-3)17-25-23(24-2)26-19-12-14-27(15-13-19)20-8-6-5-7-9-20;/h5-11,16,19H,4,12-15,17H2,1-3H3,(H2,24,25,26);1H. The zero-order chi connectivity index (χ0) is 20.5. The van der Waals surface area contributed by atoms with Gasteiger partial charge in [-0.2, -0.15) is 0 Å². The van der Waals surface area contributed by atoms with Crippen LogP contribution in [0.3, 0.4) is 0 Å². The Kier molecular flexibility index (Phi) is 10.1. The molecular weight excluding hydrogens is 491 g/mol. The summed E-state index contributed by atoms with van der Waals surface area (Å²) in [6, 6.07) is 17.0. The van der Waals surface area contributed by atoms with Crippen molar-refractivity contribution in [2.75, 3.05) is 38.8 Å². The van der Waals surface area contributed by atoms with Gasteiger partial charge in [0.15, 0.2) is 17.5 Å². The van der Waals surface area contributed by atoms with Gasteiger partial charge >= 0.3 is 0 Å². The Labute approximate surface area is 197 Å². The van der Waals surface area contributed by atoms with E-state index in [1.165, 1.54) is 5.69 Å². The van der Waals surface area contributed by atoms with Crippen LogP contribution in [0.4, 0.5) is 5.69 Å². The van der Waals surface area contributed by atoms with E-state index in [1.54, 1.807) is 7.11 Å². The van der Waals surface area contributed by atoms with E-state index < -0.39 is 0 Å². The van der Waals surface area contributed by atoms with E-state index in [0.29, 0.717) is 19.2 Å². The first kappa shape index (κ1) is 24.1. The van der Waals surface area contributed by atoms with Crippen LogP contribution in [0.15, 0.2) is 53.5 Å². The van der Waals surface area contributed by atoms with Crippen LogP contribution in [-0.4, -0.2) is 45.9 Å². The third kappa shape index (κ3) is 6.68. The lowest BCUT2D eigenvalue weighted by molar-refractivity contribution is 0.310. The Bertz CT molecular complexity index is 793. The van der Waals surface area contributed by atoms with Crippen molar-refractivity contribution in [2.24, 2.45) is 4.99 Å². The van der Waals surface area contributed by atoms with Crippen molar-refractivity contribution in [1.29, 1.82) is 0 Å². The van der Waals surface area contributed by atoms with Crippen molar-refractivity contribution >= 4 is 35.6 Å². The van der Waals surface area contributed by atoms with E-state index in [0.717, 1.165) is 49.0 Å². The Morgan fingerprint density at radius 1 is 1.10 bits per heavy atom. The molecule has 0 spiro atoms. The molecule has 0 unspecified atom stereocenters. The molecule has 0 radical (unpaired) electrons. The van der Waals surface area contributed by atoms with Crippen molar-refractivity contribution in [3.63, 3.8) is 0 Å². The molecule has 0 aromatic heterocycles. The zero-order valence-corrected chi connectivity index (χ0v) is 20.4. The normalized spacial score (nSPS) is 14.6. The average molecular weight is 524 g/mol. The minimum atomic E-state index is 0. The van der Waals surface area contributed by atoms with E-state index in [4.69, 9.17) is 9.47 Å². The number of ether oxygens (including phenoxy) is 2. The van der Waals surface area contributed by atoms with Crippen LogP contribution in [-0.2, 0) is 6.54 Å². The molecule has 1 aliphatic heterocycles. The van der Waals surface area contributed by atoms with Crippen LogP contribution in [0.5, 0.6) is 11.5 Å². The maximum Gasteiger partial charge on any atom is 0.191 e. The smallest absolute Gasteiger partial charge is 0.191 e. The predicted molar refractivity (Wildman–Crippen MR) is 135 cm³/mol. The minimum Gasteiger partial charge on any atom is -0.493 e. The van der Waals surface area contributed by atoms with Crippen LogP contribution in [0.25, 0.3) is 0 Å². The largest absolute Gasteiger partial charge is 0.493 e. The second kappa shape index (κ2) is 12.5. The van der Waals surface area contributed by atoms with Crippen LogP contribution in [0, 0.1) is 0 Å². The summed E-state index contributed by atoms with van der Waals surface area (Å²) in [5.41, 5.74) is 2.43. The zero-order valence-electron chi connectivity index (χ0n) is 18.1. The molecule has 1 heterocycles. The Morgan fingerprint density at radius 3 is 2.47 bits per heavy atom. The monoisotopic (exact) mass is 524 g/mol. The molecule has 0 saturated carbocycles. The summed E-state index contributed by atoms with van der Waals surface area (Å²) in [5.74, 6) is 2.35. The third-order valence-corrected chi connectivity index (χ3v) is 5.17. The van der Waals surface area contributed by atoms with Gasteiger partial charge in [0.25, 0.3) is 0 Å². The van der Waals surface area contributed by atoms with Gasteiger partial charge in [0.2, 0.25) is 0 Å². The van der Waals surface area contributed by atoms with Crippen LogP contribution >= 0.6 is 24.0 Å². The molecule has 2 aromatic carbocycles. The van der Waals surface area contributed by atoms with E-state index in [-0.39, 0.29) is 24.0 Å². The third-order valence-electron chi connectivity index (χ3n) is 5.17. The number of benzene rings is 2. The van der Waals surface area contributed by atoms with E-state index in [2.05, 4.69) is 50.9 Å². The molecule has 0 atom stereocenters. The Balaban J connectivity index is 0.00000320. The molecule has 2 N–H and O–H groups in total. The number of methoxy groups -OCH3 is 1. The first-order valence-corrected chi connectivity index (χ1v) is 10.3. The fourth-order valence-electron chi connectivity index (χ4n) is 3.59. The van der Waals surface area contributed by atoms with Crippen molar-refractivity contribution in [2.45, 2.75) is 32.4 Å². The Morgan fingerprint density at radius 2 is 1.83 bits per heavy atom. The van der Waals surface area contributed by atoms with Gasteiger partial charge in [-0.1, -0.05) is 24.3 Å². The second-order valence-electron chi connectivity index (χ2n) is 7.09. The molecule has 2 aromatic rings. The van der Waals surface area contributed by atoms with Gasteiger partial charge in [0.1, 0.15) is 0 Å². The fraction of sp³-hybridized carbons (Fsp3) is 0.435. The Hall–Kier alpha value is -2.16. The number of nitrogens with zero attached hydrogens (tertiary/aromatic N) is 2. The summed E-state index contributed by atoms with van der Waals surface area (Å²) in [6.45, 7) is 5.35. The maximum atomic E-state index is 5.67. The van der Waals surface area contributed by atoms with Gasteiger partial charge in [0, 0.05) is 38.4 Å². The minimum absolute atomic E-state index is 0. The number of hydrogen-bond donors (Lipinski definition) is 2. The molecule has 0 bridgehead atoms. The number of anilines is 1. The summed E-state index contributed by atoms with van der Waals surface area (Å²) >= 11 is 0. The van der Waals surface area contributed by atoms with Gasteiger partial charge < -0.3 is 25.0 Å². The van der Waals surface area contributed by atoms with Gasteiger partial charge in [-0.15, -0.1) is 24.0 Å². The summed E-state index contributed by atoms with van der Waals surface area (Å²) < 4.78 is 11.0. The van der Waals surface area contributed by atoms with Gasteiger partial charge in [0.05, 0.1) is 13.7 Å². The van der Waals surface area contributed by atoms with Gasteiger partial charge in [-0.25, -0.2) is 0 Å². The SMILES string of the molecule is CCOc1cc(CNC(=NC)NC2CCN(c3ccccc3)CC2)ccc1OC.I. The van der Waals surface area contributed by atoms with Crippen molar-refractivity contribution in [1.82, 2.24) is 10.6 Å². The molecular formula is C23H33IN4O2. The molecule has 164 valence electrons. The molecule has 1 saturated heterocycles.